The fraction of sp³-hybridized carbons (Fsp3) is 0.111. The van der Waals surface area contributed by atoms with Gasteiger partial charge in [0.2, 0.25) is 0 Å². The van der Waals surface area contributed by atoms with Crippen LogP contribution in [0.2, 0.25) is 0 Å². The fourth-order valence-electron chi connectivity index (χ4n) is 1.02. The third kappa shape index (κ3) is 5.70. The van der Waals surface area contributed by atoms with Crippen LogP contribution in [0.5, 0.6) is 0 Å². The molecule has 0 saturated heterocycles. The Balaban J connectivity index is 0.00000196. The molecule has 0 N–H and O–H groups in total. The van der Waals surface area contributed by atoms with E-state index in [1.54, 1.807) is 25.1 Å². The Morgan fingerprint density at radius 2 is 1.87 bits per heavy atom. The van der Waals surface area contributed by atoms with Crippen LogP contribution in [0, 0.1) is 6.92 Å². The maximum atomic E-state index is 11.9. The summed E-state index contributed by atoms with van der Waals surface area (Å²) in [6.45, 7) is -3.08. The molecule has 15 heavy (non-hydrogen) atoms. The summed E-state index contributed by atoms with van der Waals surface area (Å²) >= 11 is 3.26. The van der Waals surface area contributed by atoms with Crippen molar-refractivity contribution in [3.8, 4) is 0 Å². The second-order valence-electron chi connectivity index (χ2n) is 2.94. The minimum absolute atomic E-state index is 0. The molecule has 0 nitrogen and oxygen atoms in total. The van der Waals surface area contributed by atoms with Crippen molar-refractivity contribution >= 4 is 29.0 Å². The molecule has 0 radical (unpaired) electrons. The molecule has 0 spiro atoms. The Bertz CT molecular complexity index is 363. The number of hydrogen-bond donors (Lipinski definition) is 0. The first-order valence-corrected chi connectivity index (χ1v) is 4.84. The van der Waals surface area contributed by atoms with Crippen molar-refractivity contribution in [2.24, 2.45) is 0 Å². The van der Waals surface area contributed by atoms with Gasteiger partial charge < -0.3 is 12.9 Å². The smallest absolute Gasteiger partial charge is 0.445 e. The van der Waals surface area contributed by atoms with Crippen LogP contribution >= 0.6 is 15.9 Å². The van der Waals surface area contributed by atoms with Crippen LogP contribution < -0.4 is 51.4 Å². The molecular weight excluding hydrogens is 295 g/mol. The van der Waals surface area contributed by atoms with E-state index in [0.29, 0.717) is 11.5 Å². The summed E-state index contributed by atoms with van der Waals surface area (Å²) < 4.78 is 36.6. The van der Waals surface area contributed by atoms with Crippen molar-refractivity contribution in [3.63, 3.8) is 0 Å². The molecule has 1 aromatic carbocycles. The SMILES string of the molecule is Cc1c(Br)cccc1/C=C/[B-](F)(F)F.[K+]. The van der Waals surface area contributed by atoms with Gasteiger partial charge in [-0.3, -0.25) is 0 Å². The summed E-state index contributed by atoms with van der Waals surface area (Å²) in [5, 5.41) is 0. The molecule has 0 aromatic heterocycles. The molecule has 0 bridgehead atoms. The van der Waals surface area contributed by atoms with Crippen molar-refractivity contribution in [3.05, 3.63) is 39.8 Å². The van der Waals surface area contributed by atoms with Crippen molar-refractivity contribution in [1.82, 2.24) is 0 Å². The van der Waals surface area contributed by atoms with E-state index in [9.17, 15) is 12.9 Å². The van der Waals surface area contributed by atoms with Crippen LogP contribution in [0.3, 0.4) is 0 Å². The van der Waals surface area contributed by atoms with Gasteiger partial charge in [-0.25, -0.2) is 0 Å². The Labute approximate surface area is 138 Å². The van der Waals surface area contributed by atoms with E-state index in [0.717, 1.165) is 16.1 Å². The molecule has 0 aliphatic rings. The average Bonchev–Trinajstić information content (AvgIpc) is 2.06. The first-order chi connectivity index (χ1) is 6.40. The molecule has 0 saturated carbocycles. The average molecular weight is 303 g/mol. The molecule has 0 heterocycles. The fourth-order valence-corrected chi connectivity index (χ4v) is 1.40. The Hall–Kier alpha value is 0.931. The van der Waals surface area contributed by atoms with E-state index in [4.69, 9.17) is 0 Å². The quantitative estimate of drug-likeness (QED) is 0.719. The van der Waals surface area contributed by atoms with E-state index >= 15 is 0 Å². The van der Waals surface area contributed by atoms with Gasteiger partial charge >= 0.3 is 58.4 Å². The molecule has 0 aliphatic heterocycles. The van der Waals surface area contributed by atoms with Gasteiger partial charge in [-0.05, 0) is 24.1 Å². The summed E-state index contributed by atoms with van der Waals surface area (Å²) in [6, 6.07) is 5.16. The molecule has 0 fully saturated rings. The zero-order valence-electron chi connectivity index (χ0n) is 8.48. The van der Waals surface area contributed by atoms with Crippen LogP contribution in [0.1, 0.15) is 11.1 Å². The predicted molar refractivity (Wildman–Crippen MR) is 57.0 cm³/mol. The second kappa shape index (κ2) is 6.61. The Kier molecular flexibility index (Phi) is 7.03. The molecule has 76 valence electrons. The van der Waals surface area contributed by atoms with Crippen molar-refractivity contribution < 1.29 is 64.3 Å². The third-order valence-electron chi connectivity index (χ3n) is 1.80. The van der Waals surface area contributed by atoms with Gasteiger partial charge in [-0.2, -0.15) is 0 Å². The maximum Gasteiger partial charge on any atom is 1.00 e. The van der Waals surface area contributed by atoms with Gasteiger partial charge in [0, 0.05) is 4.47 Å². The van der Waals surface area contributed by atoms with Crippen molar-refractivity contribution in [1.29, 1.82) is 0 Å². The topological polar surface area (TPSA) is 0 Å². The van der Waals surface area contributed by atoms with Crippen LogP contribution in [0.25, 0.3) is 6.08 Å². The van der Waals surface area contributed by atoms with Crippen LogP contribution in [0.4, 0.5) is 12.9 Å². The van der Waals surface area contributed by atoms with Gasteiger partial charge in [0.25, 0.3) is 0 Å². The third-order valence-corrected chi connectivity index (χ3v) is 2.66. The summed E-state index contributed by atoms with van der Waals surface area (Å²) in [5.41, 5.74) is 1.39. The van der Waals surface area contributed by atoms with Gasteiger partial charge in [0.15, 0.2) is 0 Å². The van der Waals surface area contributed by atoms with Gasteiger partial charge in [0.05, 0.1) is 0 Å². The molecule has 0 unspecified atom stereocenters. The Morgan fingerprint density at radius 3 is 2.40 bits per heavy atom. The zero-order chi connectivity index (χ0) is 10.8. The molecular formula is C9H8BBrF3K. The summed E-state index contributed by atoms with van der Waals surface area (Å²) in [4.78, 5) is 0. The van der Waals surface area contributed by atoms with E-state index in [2.05, 4.69) is 15.9 Å². The summed E-state index contributed by atoms with van der Waals surface area (Å²) in [7, 11) is 0. The molecule has 0 aliphatic carbocycles. The first-order valence-electron chi connectivity index (χ1n) is 4.04. The molecule has 1 aromatic rings. The normalized spacial score (nSPS) is 11.5. The first kappa shape index (κ1) is 15.9. The monoisotopic (exact) mass is 302 g/mol. The molecule has 1 rings (SSSR count). The predicted octanol–water partition coefficient (Wildman–Crippen LogP) is 1.16. The van der Waals surface area contributed by atoms with E-state index in [-0.39, 0.29) is 51.4 Å². The van der Waals surface area contributed by atoms with Crippen LogP contribution in [-0.2, 0) is 0 Å². The summed E-state index contributed by atoms with van der Waals surface area (Å²) in [5.74, 6) is 0.300. The number of halogens is 4. The van der Waals surface area contributed by atoms with Crippen LogP contribution in [0.15, 0.2) is 28.6 Å². The van der Waals surface area contributed by atoms with E-state index in [1.165, 1.54) is 0 Å². The standard InChI is InChI=1S/C9H8BBrF3.K/c1-7-8(3-2-4-9(7)11)5-6-10(12,13)14;/h2-6H,1H3;/q-1;+1/b6-5+;. The van der Waals surface area contributed by atoms with E-state index in [1.807, 2.05) is 0 Å². The Morgan fingerprint density at radius 1 is 1.27 bits per heavy atom. The molecule has 0 amide bonds. The van der Waals surface area contributed by atoms with E-state index < -0.39 is 6.98 Å². The number of hydrogen-bond acceptors (Lipinski definition) is 0. The minimum atomic E-state index is -4.85. The number of rotatable bonds is 2. The van der Waals surface area contributed by atoms with Gasteiger partial charge in [0.1, 0.15) is 0 Å². The second-order valence-corrected chi connectivity index (χ2v) is 3.79. The van der Waals surface area contributed by atoms with Crippen molar-refractivity contribution in [2.45, 2.75) is 6.92 Å². The minimum Gasteiger partial charge on any atom is -0.445 e. The summed E-state index contributed by atoms with van der Waals surface area (Å²) in [6.07, 6.45) is 1.10. The largest absolute Gasteiger partial charge is 1.00 e. The van der Waals surface area contributed by atoms with Crippen LogP contribution in [-0.4, -0.2) is 6.98 Å². The molecule has 0 atom stereocenters. The zero-order valence-corrected chi connectivity index (χ0v) is 13.2. The maximum absolute atomic E-state index is 11.9. The number of benzene rings is 1. The molecule has 6 heteroatoms. The van der Waals surface area contributed by atoms with Gasteiger partial charge in [-0.1, -0.05) is 34.1 Å². The van der Waals surface area contributed by atoms with Gasteiger partial charge in [-0.15, -0.1) is 5.98 Å². The van der Waals surface area contributed by atoms with Crippen molar-refractivity contribution in [2.75, 3.05) is 0 Å².